The number of piperidine rings is 1. The minimum absolute atomic E-state index is 0.114. The molecular weight excluding hydrogens is 414 g/mol. The number of amides is 1. The van der Waals surface area contributed by atoms with E-state index in [1.54, 1.807) is 26.0 Å². The van der Waals surface area contributed by atoms with Crippen LogP contribution in [0.1, 0.15) is 73.9 Å². The van der Waals surface area contributed by atoms with Crippen LogP contribution in [0.5, 0.6) is 0 Å². The molecule has 3 heterocycles. The van der Waals surface area contributed by atoms with Crippen molar-refractivity contribution in [3.05, 3.63) is 41.5 Å². The van der Waals surface area contributed by atoms with Crippen molar-refractivity contribution in [2.75, 3.05) is 13.1 Å². The molecule has 0 saturated carbocycles. The Balaban J connectivity index is 1.52. The molecule has 1 N–H and O–H groups in total. The second kappa shape index (κ2) is 9.08. The first-order valence-electron chi connectivity index (χ1n) is 11.2. The van der Waals surface area contributed by atoms with Gasteiger partial charge >= 0.3 is 0 Å². The highest BCUT2D eigenvalue weighted by Gasteiger charge is 2.30. The molecular formula is C22H31N5O3S. The highest BCUT2D eigenvalue weighted by atomic mass is 32.2. The summed E-state index contributed by atoms with van der Waals surface area (Å²) in [6, 6.07) is 6.09. The maximum atomic E-state index is 13.2. The summed E-state index contributed by atoms with van der Waals surface area (Å²) < 4.78 is 29.9. The summed E-state index contributed by atoms with van der Waals surface area (Å²) >= 11 is 0. The lowest BCUT2D eigenvalue weighted by Crippen LogP contribution is -2.40. The standard InChI is InChI=1S/C22H31N5O3S/c1-16(2)25-31(29,30)19-10-6-8-17(14-19)22(28)26-12-7-9-18(15-26)21-24-23-20-11-4-3-5-13-27(20)21/h6,8,10,14,16,18,25H,3-5,7,9,11-13,15H2,1-2H3. The van der Waals surface area contributed by atoms with Gasteiger partial charge in [-0.1, -0.05) is 12.5 Å². The third-order valence-electron chi connectivity index (χ3n) is 5.99. The number of carbonyl (C=O) groups excluding carboxylic acids is 1. The van der Waals surface area contributed by atoms with Gasteiger partial charge in [0.15, 0.2) is 0 Å². The average Bonchev–Trinajstić information content (AvgIpc) is 3.01. The lowest BCUT2D eigenvalue weighted by molar-refractivity contribution is 0.0703. The number of hydrogen-bond donors (Lipinski definition) is 1. The number of hydrogen-bond acceptors (Lipinski definition) is 5. The molecule has 1 unspecified atom stereocenters. The topological polar surface area (TPSA) is 97.2 Å². The molecule has 1 amide bonds. The highest BCUT2D eigenvalue weighted by Crippen LogP contribution is 2.29. The summed E-state index contributed by atoms with van der Waals surface area (Å²) in [5, 5.41) is 8.91. The number of likely N-dealkylation sites (tertiary alicyclic amines) is 1. The van der Waals surface area contributed by atoms with Crippen LogP contribution >= 0.6 is 0 Å². The van der Waals surface area contributed by atoms with Gasteiger partial charge in [0.2, 0.25) is 10.0 Å². The molecule has 0 radical (unpaired) electrons. The Labute approximate surface area is 184 Å². The number of nitrogens with one attached hydrogen (secondary N) is 1. The van der Waals surface area contributed by atoms with Crippen LogP contribution in [0.15, 0.2) is 29.2 Å². The van der Waals surface area contributed by atoms with Crippen LogP contribution in [0.4, 0.5) is 0 Å². The molecule has 2 aromatic rings. The minimum Gasteiger partial charge on any atom is -0.338 e. The molecule has 2 aliphatic heterocycles. The van der Waals surface area contributed by atoms with Crippen molar-refractivity contribution in [2.45, 2.75) is 75.8 Å². The molecule has 1 aromatic heterocycles. The Bertz CT molecular complexity index is 1050. The largest absolute Gasteiger partial charge is 0.338 e. The number of nitrogens with zero attached hydrogens (tertiary/aromatic N) is 4. The van der Waals surface area contributed by atoms with Gasteiger partial charge in [0, 0.05) is 43.6 Å². The first-order chi connectivity index (χ1) is 14.8. The zero-order valence-corrected chi connectivity index (χ0v) is 19.1. The molecule has 2 aliphatic rings. The maximum absolute atomic E-state index is 13.2. The van der Waals surface area contributed by atoms with Crippen LogP contribution in [0, 0.1) is 0 Å². The van der Waals surface area contributed by atoms with Crippen molar-refractivity contribution in [3.8, 4) is 0 Å². The van der Waals surface area contributed by atoms with Crippen LogP contribution in [0.3, 0.4) is 0 Å². The Hall–Kier alpha value is -2.26. The lowest BCUT2D eigenvalue weighted by atomic mass is 9.96. The SMILES string of the molecule is CC(C)NS(=O)(=O)c1cccc(C(=O)N2CCCC(c3nnc4n3CCCCC4)C2)c1. The summed E-state index contributed by atoms with van der Waals surface area (Å²) in [6.07, 6.45) is 6.34. The Kier molecular flexibility index (Phi) is 6.43. The Morgan fingerprint density at radius 1 is 1.13 bits per heavy atom. The lowest BCUT2D eigenvalue weighted by Gasteiger charge is -2.32. The first kappa shape index (κ1) is 22.0. The number of rotatable bonds is 5. The molecule has 1 atom stereocenters. The monoisotopic (exact) mass is 445 g/mol. The van der Waals surface area contributed by atoms with E-state index in [9.17, 15) is 13.2 Å². The maximum Gasteiger partial charge on any atom is 0.253 e. The van der Waals surface area contributed by atoms with Gasteiger partial charge in [-0.25, -0.2) is 13.1 Å². The van der Waals surface area contributed by atoms with Gasteiger partial charge in [0.1, 0.15) is 11.6 Å². The van der Waals surface area contributed by atoms with Crippen molar-refractivity contribution in [1.29, 1.82) is 0 Å². The minimum atomic E-state index is -3.65. The van der Waals surface area contributed by atoms with Gasteiger partial charge in [0.05, 0.1) is 4.90 Å². The fourth-order valence-corrected chi connectivity index (χ4v) is 5.84. The predicted molar refractivity (Wildman–Crippen MR) is 117 cm³/mol. The zero-order chi connectivity index (χ0) is 22.0. The summed E-state index contributed by atoms with van der Waals surface area (Å²) in [5.74, 6) is 2.08. The molecule has 1 aromatic carbocycles. The molecule has 1 saturated heterocycles. The van der Waals surface area contributed by atoms with E-state index < -0.39 is 10.0 Å². The van der Waals surface area contributed by atoms with Crippen LogP contribution in [-0.2, 0) is 23.0 Å². The van der Waals surface area contributed by atoms with Gasteiger partial charge in [-0.2, -0.15) is 0 Å². The third-order valence-corrected chi connectivity index (χ3v) is 7.65. The zero-order valence-electron chi connectivity index (χ0n) is 18.2. The second-order valence-electron chi connectivity index (χ2n) is 8.83. The summed E-state index contributed by atoms with van der Waals surface area (Å²) in [4.78, 5) is 15.2. The highest BCUT2D eigenvalue weighted by molar-refractivity contribution is 7.89. The van der Waals surface area contributed by atoms with Crippen LogP contribution in [-0.4, -0.2) is 53.1 Å². The third kappa shape index (κ3) is 4.82. The smallest absolute Gasteiger partial charge is 0.253 e. The van der Waals surface area contributed by atoms with E-state index in [1.807, 2.05) is 4.90 Å². The van der Waals surface area contributed by atoms with Gasteiger partial charge in [-0.15, -0.1) is 10.2 Å². The predicted octanol–water partition coefficient (Wildman–Crippen LogP) is 2.71. The van der Waals surface area contributed by atoms with Crippen LogP contribution in [0.25, 0.3) is 0 Å². The fourth-order valence-electron chi connectivity index (χ4n) is 4.54. The number of aromatic nitrogens is 3. The van der Waals surface area contributed by atoms with Gasteiger partial charge in [-0.3, -0.25) is 4.79 Å². The fraction of sp³-hybridized carbons (Fsp3) is 0.591. The summed E-state index contributed by atoms with van der Waals surface area (Å²) in [6.45, 7) is 5.73. The van der Waals surface area contributed by atoms with E-state index in [1.165, 1.54) is 18.6 Å². The number of carbonyl (C=O) groups is 1. The number of benzene rings is 1. The first-order valence-corrected chi connectivity index (χ1v) is 12.7. The molecule has 0 bridgehead atoms. The molecule has 31 heavy (non-hydrogen) atoms. The quantitative estimate of drug-likeness (QED) is 0.763. The Morgan fingerprint density at radius 2 is 1.97 bits per heavy atom. The molecule has 8 nitrogen and oxygen atoms in total. The summed E-state index contributed by atoms with van der Waals surface area (Å²) in [5.41, 5.74) is 0.396. The van der Waals surface area contributed by atoms with E-state index in [-0.39, 0.29) is 22.8 Å². The van der Waals surface area contributed by atoms with Gasteiger partial charge in [-0.05, 0) is 57.7 Å². The van der Waals surface area contributed by atoms with E-state index >= 15 is 0 Å². The van der Waals surface area contributed by atoms with Crippen molar-refractivity contribution >= 4 is 15.9 Å². The van der Waals surface area contributed by atoms with Gasteiger partial charge < -0.3 is 9.47 Å². The van der Waals surface area contributed by atoms with E-state index in [4.69, 9.17) is 0 Å². The molecule has 1 fully saturated rings. The van der Waals surface area contributed by atoms with Crippen LogP contribution in [0.2, 0.25) is 0 Å². The van der Waals surface area contributed by atoms with Gasteiger partial charge in [0.25, 0.3) is 5.91 Å². The number of sulfonamides is 1. The van der Waals surface area contributed by atoms with Crippen molar-refractivity contribution < 1.29 is 13.2 Å². The van der Waals surface area contributed by atoms with E-state index in [2.05, 4.69) is 19.5 Å². The van der Waals surface area contributed by atoms with Crippen molar-refractivity contribution in [1.82, 2.24) is 24.4 Å². The molecule has 0 spiro atoms. The number of aryl methyl sites for hydroxylation is 1. The number of fused-ring (bicyclic) bond motifs is 1. The van der Waals surface area contributed by atoms with E-state index in [0.717, 1.165) is 50.3 Å². The molecule has 9 heteroatoms. The molecule has 168 valence electrons. The average molecular weight is 446 g/mol. The summed E-state index contributed by atoms with van der Waals surface area (Å²) in [7, 11) is -3.65. The Morgan fingerprint density at radius 3 is 2.77 bits per heavy atom. The molecule has 4 rings (SSSR count). The van der Waals surface area contributed by atoms with E-state index in [0.29, 0.717) is 18.7 Å². The van der Waals surface area contributed by atoms with Crippen molar-refractivity contribution in [2.24, 2.45) is 0 Å². The van der Waals surface area contributed by atoms with Crippen molar-refractivity contribution in [3.63, 3.8) is 0 Å². The van der Waals surface area contributed by atoms with Crippen LogP contribution < -0.4 is 4.72 Å². The second-order valence-corrected chi connectivity index (χ2v) is 10.5. The normalized spacial score (nSPS) is 19.8. The molecule has 0 aliphatic carbocycles.